The van der Waals surface area contributed by atoms with E-state index < -0.39 is 0 Å². The highest BCUT2D eigenvalue weighted by molar-refractivity contribution is 5.81. The van der Waals surface area contributed by atoms with Crippen molar-refractivity contribution in [2.45, 2.75) is 32.2 Å². The van der Waals surface area contributed by atoms with Gasteiger partial charge in [-0.05, 0) is 38.4 Å². The van der Waals surface area contributed by atoms with Crippen molar-refractivity contribution in [1.82, 2.24) is 4.90 Å². The smallest absolute Gasteiger partial charge is 0.171 e. The van der Waals surface area contributed by atoms with Gasteiger partial charge in [-0.2, -0.15) is 0 Å². The van der Waals surface area contributed by atoms with E-state index in [0.29, 0.717) is 29.7 Å². The molecule has 0 bridgehead atoms. The first-order valence-electron chi connectivity index (χ1n) is 7.25. The maximum absolute atomic E-state index is 11.1. The lowest BCUT2D eigenvalue weighted by Crippen LogP contribution is -2.39. The fourth-order valence-corrected chi connectivity index (χ4v) is 2.70. The highest BCUT2D eigenvalue weighted by atomic mass is 16.5. The second-order valence-corrected chi connectivity index (χ2v) is 5.23. The summed E-state index contributed by atoms with van der Waals surface area (Å²) in [6.45, 7) is 4.86. The van der Waals surface area contributed by atoms with Gasteiger partial charge in [0.05, 0.1) is 12.7 Å². The van der Waals surface area contributed by atoms with Crippen LogP contribution in [0.25, 0.3) is 0 Å². The lowest BCUT2D eigenvalue weighted by molar-refractivity contribution is 0.111. The van der Waals surface area contributed by atoms with Crippen LogP contribution in [0.5, 0.6) is 11.5 Å². The number of rotatable bonds is 6. The van der Waals surface area contributed by atoms with Crippen molar-refractivity contribution in [3.05, 3.63) is 23.8 Å². The molecule has 1 heterocycles. The second kappa shape index (κ2) is 7.29. The molecular weight excluding hydrogens is 254 g/mol. The molecule has 4 nitrogen and oxygen atoms in total. The summed E-state index contributed by atoms with van der Waals surface area (Å²) in [6, 6.07) is 5.97. The number of benzene rings is 1. The van der Waals surface area contributed by atoms with E-state index in [4.69, 9.17) is 9.47 Å². The third-order valence-electron chi connectivity index (χ3n) is 3.92. The first-order valence-corrected chi connectivity index (χ1v) is 7.25. The van der Waals surface area contributed by atoms with Crippen LogP contribution >= 0.6 is 0 Å². The predicted octanol–water partition coefficient (Wildman–Crippen LogP) is 2.76. The standard InChI is InChI=1S/C16H23NO3/c1-13-6-3-4-9-17(13)10-11-20-16-14(12-18)7-5-8-15(16)19-2/h5,7-8,12-13H,3-4,6,9-11H2,1-2H3/t13-/m0/s1. The number of likely N-dealkylation sites (tertiary alicyclic amines) is 1. The monoisotopic (exact) mass is 277 g/mol. The molecule has 1 aromatic carbocycles. The molecule has 1 saturated heterocycles. The zero-order chi connectivity index (χ0) is 14.4. The number of hydrogen-bond acceptors (Lipinski definition) is 4. The molecule has 0 unspecified atom stereocenters. The Balaban J connectivity index is 1.94. The molecule has 110 valence electrons. The topological polar surface area (TPSA) is 38.8 Å². The van der Waals surface area contributed by atoms with E-state index in [0.717, 1.165) is 19.4 Å². The van der Waals surface area contributed by atoms with Gasteiger partial charge in [0.15, 0.2) is 17.8 Å². The molecule has 0 spiro atoms. The quantitative estimate of drug-likeness (QED) is 0.749. The van der Waals surface area contributed by atoms with E-state index in [1.165, 1.54) is 19.3 Å². The Labute approximate surface area is 120 Å². The minimum Gasteiger partial charge on any atom is -0.493 e. The normalized spacial score (nSPS) is 19.6. The number of para-hydroxylation sites is 1. The lowest BCUT2D eigenvalue weighted by Gasteiger charge is -2.33. The summed E-state index contributed by atoms with van der Waals surface area (Å²) in [7, 11) is 1.59. The molecule has 1 atom stereocenters. The first kappa shape index (κ1) is 14.9. The summed E-state index contributed by atoms with van der Waals surface area (Å²) in [4.78, 5) is 13.5. The van der Waals surface area contributed by atoms with Crippen LogP contribution in [0.15, 0.2) is 18.2 Å². The van der Waals surface area contributed by atoms with Crippen molar-refractivity contribution in [3.63, 3.8) is 0 Å². The third-order valence-corrected chi connectivity index (χ3v) is 3.92. The summed E-state index contributed by atoms with van der Waals surface area (Å²) in [6.07, 6.45) is 4.65. The van der Waals surface area contributed by atoms with Gasteiger partial charge in [0.25, 0.3) is 0 Å². The fraction of sp³-hybridized carbons (Fsp3) is 0.562. The largest absolute Gasteiger partial charge is 0.493 e. The van der Waals surface area contributed by atoms with Crippen molar-refractivity contribution in [1.29, 1.82) is 0 Å². The predicted molar refractivity (Wildman–Crippen MR) is 78.8 cm³/mol. The molecule has 2 rings (SSSR count). The average Bonchev–Trinajstić information content (AvgIpc) is 2.49. The summed E-state index contributed by atoms with van der Waals surface area (Å²) >= 11 is 0. The fourth-order valence-electron chi connectivity index (χ4n) is 2.70. The molecule has 0 N–H and O–H groups in total. The number of aldehydes is 1. The zero-order valence-electron chi connectivity index (χ0n) is 12.3. The highest BCUT2D eigenvalue weighted by Crippen LogP contribution is 2.30. The molecule has 20 heavy (non-hydrogen) atoms. The molecular formula is C16H23NO3. The molecule has 0 aliphatic carbocycles. The maximum Gasteiger partial charge on any atom is 0.171 e. The molecule has 1 aliphatic rings. The molecule has 1 aromatic rings. The number of carbonyl (C=O) groups is 1. The van der Waals surface area contributed by atoms with Gasteiger partial charge >= 0.3 is 0 Å². The van der Waals surface area contributed by atoms with Crippen molar-refractivity contribution in [2.24, 2.45) is 0 Å². The van der Waals surface area contributed by atoms with E-state index in [1.54, 1.807) is 19.2 Å². The number of carbonyl (C=O) groups excluding carboxylic acids is 1. The van der Waals surface area contributed by atoms with Crippen LogP contribution < -0.4 is 9.47 Å². The molecule has 1 fully saturated rings. The van der Waals surface area contributed by atoms with Crippen LogP contribution in [-0.2, 0) is 0 Å². The Morgan fingerprint density at radius 3 is 2.95 bits per heavy atom. The lowest BCUT2D eigenvalue weighted by atomic mass is 10.0. The Kier molecular flexibility index (Phi) is 5.41. The van der Waals surface area contributed by atoms with Gasteiger partial charge in [0.2, 0.25) is 0 Å². The minimum absolute atomic E-state index is 0.538. The average molecular weight is 277 g/mol. The number of hydrogen-bond donors (Lipinski definition) is 0. The summed E-state index contributed by atoms with van der Waals surface area (Å²) < 4.78 is 11.1. The Morgan fingerprint density at radius 1 is 1.40 bits per heavy atom. The molecule has 4 heteroatoms. The Morgan fingerprint density at radius 2 is 2.25 bits per heavy atom. The number of methoxy groups -OCH3 is 1. The third kappa shape index (κ3) is 3.51. The van der Waals surface area contributed by atoms with Crippen LogP contribution in [0, 0.1) is 0 Å². The molecule has 0 amide bonds. The molecule has 0 aromatic heterocycles. The Bertz CT molecular complexity index is 447. The minimum atomic E-state index is 0.538. The van der Waals surface area contributed by atoms with Crippen molar-refractivity contribution >= 4 is 6.29 Å². The number of piperidine rings is 1. The highest BCUT2D eigenvalue weighted by Gasteiger charge is 2.18. The van der Waals surface area contributed by atoms with Gasteiger partial charge in [-0.1, -0.05) is 12.5 Å². The van der Waals surface area contributed by atoms with Crippen LogP contribution in [0.3, 0.4) is 0 Å². The van der Waals surface area contributed by atoms with Crippen LogP contribution in [0.2, 0.25) is 0 Å². The van der Waals surface area contributed by atoms with E-state index in [1.807, 2.05) is 6.07 Å². The molecule has 0 radical (unpaired) electrons. The van der Waals surface area contributed by atoms with Gasteiger partial charge in [0.1, 0.15) is 6.61 Å². The molecule has 0 saturated carbocycles. The summed E-state index contributed by atoms with van der Waals surface area (Å²) in [5.74, 6) is 1.16. The summed E-state index contributed by atoms with van der Waals surface area (Å²) in [5, 5.41) is 0. The maximum atomic E-state index is 11.1. The van der Waals surface area contributed by atoms with E-state index in [-0.39, 0.29) is 0 Å². The van der Waals surface area contributed by atoms with E-state index in [9.17, 15) is 4.79 Å². The van der Waals surface area contributed by atoms with Crippen LogP contribution in [-0.4, -0.2) is 44.0 Å². The van der Waals surface area contributed by atoms with Crippen molar-refractivity contribution in [3.8, 4) is 11.5 Å². The molecule has 1 aliphatic heterocycles. The summed E-state index contributed by atoms with van der Waals surface area (Å²) in [5.41, 5.74) is 0.538. The van der Waals surface area contributed by atoms with Crippen molar-refractivity contribution in [2.75, 3.05) is 26.8 Å². The van der Waals surface area contributed by atoms with Gasteiger partial charge in [-0.3, -0.25) is 9.69 Å². The van der Waals surface area contributed by atoms with E-state index >= 15 is 0 Å². The first-order chi connectivity index (χ1) is 9.76. The van der Waals surface area contributed by atoms with Crippen molar-refractivity contribution < 1.29 is 14.3 Å². The second-order valence-electron chi connectivity index (χ2n) is 5.23. The number of nitrogens with zero attached hydrogens (tertiary/aromatic N) is 1. The Hall–Kier alpha value is -1.55. The van der Waals surface area contributed by atoms with Gasteiger partial charge in [-0.25, -0.2) is 0 Å². The van der Waals surface area contributed by atoms with Crippen LogP contribution in [0.1, 0.15) is 36.5 Å². The zero-order valence-corrected chi connectivity index (χ0v) is 12.3. The van der Waals surface area contributed by atoms with Gasteiger partial charge in [0, 0.05) is 12.6 Å². The van der Waals surface area contributed by atoms with E-state index in [2.05, 4.69) is 11.8 Å². The number of ether oxygens (including phenoxy) is 2. The van der Waals surface area contributed by atoms with Gasteiger partial charge in [-0.15, -0.1) is 0 Å². The van der Waals surface area contributed by atoms with Gasteiger partial charge < -0.3 is 9.47 Å². The SMILES string of the molecule is COc1cccc(C=O)c1OCCN1CCCC[C@@H]1C. The van der Waals surface area contributed by atoms with Crippen LogP contribution in [0.4, 0.5) is 0 Å².